The lowest BCUT2D eigenvalue weighted by atomic mass is 9.81. The third-order valence-corrected chi connectivity index (χ3v) is 2.89. The Morgan fingerprint density at radius 3 is 2.77 bits per heavy atom. The van der Waals surface area contributed by atoms with Gasteiger partial charge in [-0.1, -0.05) is 18.6 Å². The van der Waals surface area contributed by atoms with Crippen molar-refractivity contribution in [2.24, 2.45) is 11.8 Å². The SMILES string of the molecule is CCC1=CC[C@H]2C(=O)OC(=O)[C@H]2C1. The number of ether oxygens (including phenoxy) is 1. The van der Waals surface area contributed by atoms with E-state index in [0.717, 1.165) is 6.42 Å². The molecule has 2 aliphatic rings. The van der Waals surface area contributed by atoms with Crippen molar-refractivity contribution >= 4 is 11.9 Å². The Bertz CT molecular complexity index is 291. The highest BCUT2D eigenvalue weighted by atomic mass is 16.6. The van der Waals surface area contributed by atoms with Gasteiger partial charge in [-0.3, -0.25) is 9.59 Å². The third-order valence-electron chi connectivity index (χ3n) is 2.89. The van der Waals surface area contributed by atoms with Crippen LogP contribution in [0.3, 0.4) is 0 Å². The van der Waals surface area contributed by atoms with Crippen LogP contribution in [0.2, 0.25) is 0 Å². The van der Waals surface area contributed by atoms with Gasteiger partial charge < -0.3 is 4.74 Å². The van der Waals surface area contributed by atoms with Crippen molar-refractivity contribution in [3.8, 4) is 0 Å². The molecule has 0 amide bonds. The van der Waals surface area contributed by atoms with Crippen molar-refractivity contribution in [2.75, 3.05) is 0 Å². The summed E-state index contributed by atoms with van der Waals surface area (Å²) in [4.78, 5) is 22.4. The lowest BCUT2D eigenvalue weighted by Gasteiger charge is -2.19. The molecule has 0 N–H and O–H groups in total. The van der Waals surface area contributed by atoms with Gasteiger partial charge >= 0.3 is 11.9 Å². The van der Waals surface area contributed by atoms with Crippen molar-refractivity contribution in [3.05, 3.63) is 11.6 Å². The second-order valence-electron chi connectivity index (χ2n) is 3.61. The maximum atomic E-state index is 11.2. The summed E-state index contributed by atoms with van der Waals surface area (Å²) in [7, 11) is 0. The fourth-order valence-corrected chi connectivity index (χ4v) is 2.01. The number of rotatable bonds is 1. The number of carbonyl (C=O) groups excluding carboxylic acids is 2. The molecule has 0 spiro atoms. The number of cyclic esters (lactones) is 2. The molecule has 3 nitrogen and oxygen atoms in total. The number of fused-ring (bicyclic) bond motifs is 1. The topological polar surface area (TPSA) is 43.4 Å². The summed E-state index contributed by atoms with van der Waals surface area (Å²) in [5.41, 5.74) is 1.27. The third kappa shape index (κ3) is 1.28. The highest BCUT2D eigenvalue weighted by Crippen LogP contribution is 2.36. The molecular weight excluding hydrogens is 168 g/mol. The lowest BCUT2D eigenvalue weighted by molar-refractivity contribution is -0.153. The van der Waals surface area contributed by atoms with E-state index in [1.807, 2.05) is 0 Å². The van der Waals surface area contributed by atoms with Crippen LogP contribution in [0.25, 0.3) is 0 Å². The summed E-state index contributed by atoms with van der Waals surface area (Å²) in [6, 6.07) is 0. The zero-order chi connectivity index (χ0) is 9.42. The Balaban J connectivity index is 2.21. The van der Waals surface area contributed by atoms with Crippen LogP contribution in [0.5, 0.6) is 0 Å². The Hall–Kier alpha value is -1.12. The molecule has 0 bridgehead atoms. The molecule has 1 aliphatic heterocycles. The minimum atomic E-state index is -0.332. The van der Waals surface area contributed by atoms with Gasteiger partial charge in [0.05, 0.1) is 11.8 Å². The second kappa shape index (κ2) is 2.98. The predicted molar refractivity (Wildman–Crippen MR) is 45.7 cm³/mol. The van der Waals surface area contributed by atoms with Crippen molar-refractivity contribution < 1.29 is 14.3 Å². The second-order valence-corrected chi connectivity index (χ2v) is 3.61. The first-order valence-electron chi connectivity index (χ1n) is 4.65. The molecule has 0 aromatic rings. The average Bonchev–Trinajstić information content (AvgIpc) is 2.42. The van der Waals surface area contributed by atoms with Crippen molar-refractivity contribution in [3.63, 3.8) is 0 Å². The van der Waals surface area contributed by atoms with Crippen LogP contribution < -0.4 is 0 Å². The van der Waals surface area contributed by atoms with E-state index in [9.17, 15) is 9.59 Å². The van der Waals surface area contributed by atoms with E-state index in [0.29, 0.717) is 12.8 Å². The maximum absolute atomic E-state index is 11.2. The molecule has 0 saturated carbocycles. The number of hydrogen-bond acceptors (Lipinski definition) is 3. The van der Waals surface area contributed by atoms with E-state index >= 15 is 0 Å². The van der Waals surface area contributed by atoms with Crippen LogP contribution >= 0.6 is 0 Å². The summed E-state index contributed by atoms with van der Waals surface area (Å²) in [6.07, 6.45) is 4.43. The number of esters is 2. The zero-order valence-electron chi connectivity index (χ0n) is 7.58. The van der Waals surface area contributed by atoms with Gasteiger partial charge in [0.1, 0.15) is 0 Å². The van der Waals surface area contributed by atoms with Gasteiger partial charge in [-0.2, -0.15) is 0 Å². The summed E-state index contributed by atoms with van der Waals surface area (Å²) >= 11 is 0. The number of allylic oxidation sites excluding steroid dienone is 2. The molecule has 2 atom stereocenters. The van der Waals surface area contributed by atoms with Gasteiger partial charge in [-0.15, -0.1) is 0 Å². The monoisotopic (exact) mass is 180 g/mol. The minimum Gasteiger partial charge on any atom is -0.393 e. The quantitative estimate of drug-likeness (QED) is 0.348. The molecule has 1 aliphatic carbocycles. The smallest absolute Gasteiger partial charge is 0.317 e. The fourth-order valence-electron chi connectivity index (χ4n) is 2.01. The lowest BCUT2D eigenvalue weighted by Crippen LogP contribution is -2.21. The van der Waals surface area contributed by atoms with Crippen LogP contribution in [0, 0.1) is 11.8 Å². The van der Waals surface area contributed by atoms with Crippen LogP contribution in [0.4, 0.5) is 0 Å². The Labute approximate surface area is 76.8 Å². The molecule has 1 heterocycles. The van der Waals surface area contributed by atoms with Gasteiger partial charge in [0.25, 0.3) is 0 Å². The maximum Gasteiger partial charge on any atom is 0.317 e. The number of carbonyl (C=O) groups is 2. The zero-order valence-corrected chi connectivity index (χ0v) is 7.58. The number of hydrogen-bond donors (Lipinski definition) is 0. The molecule has 1 fully saturated rings. The van der Waals surface area contributed by atoms with Crippen molar-refractivity contribution in [2.45, 2.75) is 26.2 Å². The van der Waals surface area contributed by atoms with E-state index in [1.54, 1.807) is 0 Å². The van der Waals surface area contributed by atoms with Gasteiger partial charge in [0.15, 0.2) is 0 Å². The highest BCUT2D eigenvalue weighted by molar-refractivity contribution is 5.96. The molecule has 3 heteroatoms. The van der Waals surface area contributed by atoms with Crippen LogP contribution in [0.1, 0.15) is 26.2 Å². The summed E-state index contributed by atoms with van der Waals surface area (Å²) in [5, 5.41) is 0. The van der Waals surface area contributed by atoms with E-state index in [2.05, 4.69) is 17.7 Å². The summed E-state index contributed by atoms with van der Waals surface area (Å²) in [6.45, 7) is 2.06. The highest BCUT2D eigenvalue weighted by Gasteiger charge is 2.45. The van der Waals surface area contributed by atoms with E-state index in [-0.39, 0.29) is 23.8 Å². The summed E-state index contributed by atoms with van der Waals surface area (Å²) < 4.78 is 4.59. The van der Waals surface area contributed by atoms with Gasteiger partial charge in [0.2, 0.25) is 0 Å². The molecule has 70 valence electrons. The minimum absolute atomic E-state index is 0.188. The van der Waals surface area contributed by atoms with E-state index < -0.39 is 0 Å². The normalized spacial score (nSPS) is 32.5. The molecule has 0 aromatic heterocycles. The van der Waals surface area contributed by atoms with Crippen LogP contribution in [0.15, 0.2) is 11.6 Å². The van der Waals surface area contributed by atoms with E-state index in [1.165, 1.54) is 5.57 Å². The fraction of sp³-hybridized carbons (Fsp3) is 0.600. The molecule has 2 rings (SSSR count). The average molecular weight is 180 g/mol. The first-order chi connectivity index (χ1) is 6.22. The van der Waals surface area contributed by atoms with Crippen molar-refractivity contribution in [1.29, 1.82) is 0 Å². The molecule has 0 unspecified atom stereocenters. The first kappa shape index (κ1) is 8.48. The van der Waals surface area contributed by atoms with Gasteiger partial charge in [0, 0.05) is 0 Å². The molecule has 1 saturated heterocycles. The molecule has 0 aromatic carbocycles. The molecule has 0 radical (unpaired) electrons. The molecular formula is C10H12O3. The predicted octanol–water partition coefficient (Wildman–Crippen LogP) is 1.43. The van der Waals surface area contributed by atoms with Gasteiger partial charge in [-0.05, 0) is 19.3 Å². The Morgan fingerprint density at radius 1 is 1.38 bits per heavy atom. The Kier molecular flexibility index (Phi) is 1.94. The largest absolute Gasteiger partial charge is 0.393 e. The molecule has 13 heavy (non-hydrogen) atoms. The van der Waals surface area contributed by atoms with E-state index in [4.69, 9.17) is 0 Å². The summed E-state index contributed by atoms with van der Waals surface area (Å²) in [5.74, 6) is -1.04. The van der Waals surface area contributed by atoms with Crippen molar-refractivity contribution in [1.82, 2.24) is 0 Å². The van der Waals surface area contributed by atoms with Gasteiger partial charge in [-0.25, -0.2) is 0 Å². The first-order valence-corrected chi connectivity index (χ1v) is 4.65. The standard InChI is InChI=1S/C10H12O3/c1-2-6-3-4-7-8(5-6)10(12)13-9(7)11/h3,7-8H,2,4-5H2,1H3/t7-,8+/m1/s1. The van der Waals surface area contributed by atoms with Crippen LogP contribution in [-0.4, -0.2) is 11.9 Å². The Morgan fingerprint density at radius 2 is 2.08 bits per heavy atom. The van der Waals surface area contributed by atoms with Crippen LogP contribution in [-0.2, 0) is 14.3 Å².